The molecule has 1 fully saturated rings. The van der Waals surface area contributed by atoms with Crippen LogP contribution in [0.4, 0.5) is 5.69 Å². The lowest BCUT2D eigenvalue weighted by Gasteiger charge is -2.36. The first kappa shape index (κ1) is 23.3. The smallest absolute Gasteiger partial charge is 0.316 e. The van der Waals surface area contributed by atoms with Gasteiger partial charge in [-0.05, 0) is 41.0 Å². The quantitative estimate of drug-likeness (QED) is 0.440. The monoisotopic (exact) mass is 494 g/mol. The van der Waals surface area contributed by atoms with Gasteiger partial charge in [0.1, 0.15) is 17.5 Å². The Bertz CT molecular complexity index is 1420. The highest BCUT2D eigenvalue weighted by Gasteiger charge is 2.28. The van der Waals surface area contributed by atoms with Crippen LogP contribution in [-0.2, 0) is 19.4 Å². The number of fused-ring (bicyclic) bond motifs is 1. The average Bonchev–Trinajstić information content (AvgIpc) is 3.33. The largest absolute Gasteiger partial charge is 0.508 e. The van der Waals surface area contributed by atoms with Gasteiger partial charge in [-0.3, -0.25) is 9.69 Å². The van der Waals surface area contributed by atoms with Crippen LogP contribution in [0.5, 0.6) is 11.5 Å². The molecule has 1 saturated heterocycles. The van der Waals surface area contributed by atoms with Gasteiger partial charge in [0, 0.05) is 45.6 Å². The fraction of sp³-hybridized carbons (Fsp3) is 0.267. The zero-order chi connectivity index (χ0) is 25.2. The molecule has 188 valence electrons. The second kappa shape index (κ2) is 10.1. The van der Waals surface area contributed by atoms with E-state index in [-0.39, 0.29) is 17.4 Å². The number of rotatable bonds is 6. The third-order valence-corrected chi connectivity index (χ3v) is 7.24. The van der Waals surface area contributed by atoms with E-state index < -0.39 is 0 Å². The van der Waals surface area contributed by atoms with Crippen LogP contribution in [-0.4, -0.2) is 52.1 Å². The topological polar surface area (TPSA) is 70.8 Å². The summed E-state index contributed by atoms with van der Waals surface area (Å²) in [4.78, 5) is 18.3. The molecule has 1 aliphatic heterocycles. The fourth-order valence-electron chi connectivity index (χ4n) is 5.35. The van der Waals surface area contributed by atoms with E-state index in [1.165, 1.54) is 15.8 Å². The van der Waals surface area contributed by atoms with Crippen LogP contribution in [0.25, 0.3) is 5.69 Å². The predicted octanol–water partition coefficient (Wildman–Crippen LogP) is 3.81. The van der Waals surface area contributed by atoms with E-state index in [4.69, 9.17) is 4.74 Å². The molecule has 1 aromatic heterocycles. The van der Waals surface area contributed by atoms with Crippen molar-refractivity contribution in [3.05, 3.63) is 112 Å². The maximum atomic E-state index is 13.7. The van der Waals surface area contributed by atoms with Crippen molar-refractivity contribution in [2.75, 3.05) is 31.1 Å². The second-order valence-electron chi connectivity index (χ2n) is 9.76. The summed E-state index contributed by atoms with van der Waals surface area (Å²) in [7, 11) is 0. The summed E-state index contributed by atoms with van der Waals surface area (Å²) in [6, 6.07) is 25.3. The molecule has 7 nitrogen and oxygen atoms in total. The molecule has 37 heavy (non-hydrogen) atoms. The number of nitrogens with zero attached hydrogens (tertiary/aromatic N) is 4. The normalized spacial score (nSPS) is 16.1. The van der Waals surface area contributed by atoms with Gasteiger partial charge in [-0.15, -0.1) is 0 Å². The molecule has 0 atom stereocenters. The standard InChI is InChI=1S/C30H30N4O3/c35-26-12-6-7-22(17-26)21-32-13-15-33(16-14-32)28-20-31-34(25-10-2-1-3-11-25)30(36)29(28)37-27-18-23-8-4-5-9-24(23)19-27/h1-12,17,20,27,35H,13-16,18-19,21H2. The number of para-hydroxylation sites is 1. The summed E-state index contributed by atoms with van der Waals surface area (Å²) in [5.41, 5.74) is 4.89. The van der Waals surface area contributed by atoms with Crippen LogP contribution in [0, 0.1) is 0 Å². The molecule has 6 rings (SSSR count). The number of benzene rings is 3. The first-order valence-electron chi connectivity index (χ1n) is 12.8. The average molecular weight is 495 g/mol. The number of hydrogen-bond donors (Lipinski definition) is 1. The molecule has 2 aliphatic rings. The number of aromatic nitrogens is 2. The van der Waals surface area contributed by atoms with E-state index in [1.807, 2.05) is 48.5 Å². The Morgan fingerprint density at radius 2 is 1.57 bits per heavy atom. The first-order chi connectivity index (χ1) is 18.1. The molecule has 2 heterocycles. The molecule has 0 saturated carbocycles. The molecule has 4 aromatic rings. The van der Waals surface area contributed by atoms with Crippen LogP contribution in [0.1, 0.15) is 16.7 Å². The minimum Gasteiger partial charge on any atom is -0.508 e. The van der Waals surface area contributed by atoms with Crippen LogP contribution >= 0.6 is 0 Å². The van der Waals surface area contributed by atoms with Gasteiger partial charge in [-0.1, -0.05) is 54.6 Å². The van der Waals surface area contributed by atoms with Crippen molar-refractivity contribution in [2.24, 2.45) is 0 Å². The highest BCUT2D eigenvalue weighted by molar-refractivity contribution is 5.57. The van der Waals surface area contributed by atoms with Gasteiger partial charge >= 0.3 is 5.56 Å². The predicted molar refractivity (Wildman–Crippen MR) is 144 cm³/mol. The molecule has 0 amide bonds. The van der Waals surface area contributed by atoms with E-state index in [2.05, 4.69) is 39.2 Å². The maximum Gasteiger partial charge on any atom is 0.316 e. The minimum absolute atomic E-state index is 0.0810. The Kier molecular flexibility index (Phi) is 6.37. The number of ether oxygens (including phenoxy) is 1. The summed E-state index contributed by atoms with van der Waals surface area (Å²) >= 11 is 0. The lowest BCUT2D eigenvalue weighted by Crippen LogP contribution is -2.46. The fourth-order valence-corrected chi connectivity index (χ4v) is 5.35. The number of aromatic hydroxyl groups is 1. The van der Waals surface area contributed by atoms with Crippen molar-refractivity contribution < 1.29 is 9.84 Å². The van der Waals surface area contributed by atoms with E-state index in [1.54, 1.807) is 12.3 Å². The minimum atomic E-state index is -0.234. The molecule has 7 heteroatoms. The van der Waals surface area contributed by atoms with Gasteiger partial charge in [0.15, 0.2) is 0 Å². The molecule has 0 bridgehead atoms. The van der Waals surface area contributed by atoms with Crippen molar-refractivity contribution in [1.82, 2.24) is 14.7 Å². The van der Waals surface area contributed by atoms with Gasteiger partial charge in [0.2, 0.25) is 5.75 Å². The lowest BCUT2D eigenvalue weighted by molar-refractivity contribution is 0.207. The summed E-state index contributed by atoms with van der Waals surface area (Å²) in [6.07, 6.45) is 3.28. The molecule has 0 radical (unpaired) electrons. The van der Waals surface area contributed by atoms with Crippen molar-refractivity contribution >= 4 is 5.69 Å². The van der Waals surface area contributed by atoms with E-state index in [9.17, 15) is 9.90 Å². The molecular formula is C30H30N4O3. The molecule has 1 aliphatic carbocycles. The van der Waals surface area contributed by atoms with E-state index in [0.717, 1.165) is 62.5 Å². The molecule has 0 unspecified atom stereocenters. The van der Waals surface area contributed by atoms with Gasteiger partial charge in [0.25, 0.3) is 0 Å². The van der Waals surface area contributed by atoms with Crippen molar-refractivity contribution in [3.8, 4) is 17.2 Å². The number of phenolic OH excluding ortho intramolecular Hbond substituents is 1. The van der Waals surface area contributed by atoms with Crippen molar-refractivity contribution in [1.29, 1.82) is 0 Å². The summed E-state index contributed by atoms with van der Waals surface area (Å²) in [5.74, 6) is 0.662. The summed E-state index contributed by atoms with van der Waals surface area (Å²) in [5, 5.41) is 14.3. The molecule has 1 N–H and O–H groups in total. The highest BCUT2D eigenvalue weighted by atomic mass is 16.5. The van der Waals surface area contributed by atoms with E-state index in [0.29, 0.717) is 5.75 Å². The van der Waals surface area contributed by atoms with Gasteiger partial charge in [-0.25, -0.2) is 0 Å². The Morgan fingerprint density at radius 3 is 2.27 bits per heavy atom. The zero-order valence-electron chi connectivity index (χ0n) is 20.7. The SMILES string of the molecule is O=c1c(OC2Cc3ccccc3C2)c(N2CCN(Cc3cccc(O)c3)CC2)cnn1-c1ccccc1. The third kappa shape index (κ3) is 4.95. The number of phenols is 1. The Labute approximate surface area is 216 Å². The summed E-state index contributed by atoms with van der Waals surface area (Å²) in [6.45, 7) is 3.98. The molecule has 3 aromatic carbocycles. The molecular weight excluding hydrogens is 464 g/mol. The lowest BCUT2D eigenvalue weighted by atomic mass is 10.1. The van der Waals surface area contributed by atoms with Crippen LogP contribution in [0.2, 0.25) is 0 Å². The second-order valence-corrected chi connectivity index (χ2v) is 9.76. The van der Waals surface area contributed by atoms with Crippen molar-refractivity contribution in [2.45, 2.75) is 25.5 Å². The molecule has 0 spiro atoms. The Morgan fingerprint density at radius 1 is 0.865 bits per heavy atom. The number of anilines is 1. The maximum absolute atomic E-state index is 13.7. The highest BCUT2D eigenvalue weighted by Crippen LogP contribution is 2.30. The zero-order valence-corrected chi connectivity index (χ0v) is 20.7. The first-order valence-corrected chi connectivity index (χ1v) is 12.8. The third-order valence-electron chi connectivity index (χ3n) is 7.24. The summed E-state index contributed by atoms with van der Waals surface area (Å²) < 4.78 is 7.94. The van der Waals surface area contributed by atoms with Gasteiger partial charge < -0.3 is 14.7 Å². The Balaban J connectivity index is 1.25. The van der Waals surface area contributed by atoms with Gasteiger partial charge in [0.05, 0.1) is 11.9 Å². The van der Waals surface area contributed by atoms with Gasteiger partial charge in [-0.2, -0.15) is 9.78 Å². The van der Waals surface area contributed by atoms with Crippen LogP contribution in [0.3, 0.4) is 0 Å². The number of piperazine rings is 1. The Hall–Kier alpha value is -4.10. The van der Waals surface area contributed by atoms with Crippen LogP contribution in [0.15, 0.2) is 89.9 Å². The van der Waals surface area contributed by atoms with Crippen molar-refractivity contribution in [3.63, 3.8) is 0 Å². The number of hydrogen-bond acceptors (Lipinski definition) is 6. The van der Waals surface area contributed by atoms with E-state index >= 15 is 0 Å². The van der Waals surface area contributed by atoms with Crippen LogP contribution < -0.4 is 15.2 Å².